The average molecular weight is 362 g/mol. The van der Waals surface area contributed by atoms with Gasteiger partial charge < -0.3 is 14.5 Å². The average Bonchev–Trinajstić information content (AvgIpc) is 2.96. The molecular weight excluding hydrogens is 332 g/mol. The zero-order valence-electron chi connectivity index (χ0n) is 16.5. The van der Waals surface area contributed by atoms with Crippen molar-refractivity contribution >= 4 is 12.0 Å². The summed E-state index contributed by atoms with van der Waals surface area (Å²) in [4.78, 5) is 29.0. The Morgan fingerprint density at radius 1 is 1.19 bits per heavy atom. The third kappa shape index (κ3) is 3.71. The van der Waals surface area contributed by atoms with Gasteiger partial charge in [0, 0.05) is 24.2 Å². The van der Waals surface area contributed by atoms with Gasteiger partial charge in [0.25, 0.3) is 5.91 Å². The second-order valence-electron chi connectivity index (χ2n) is 8.52. The number of nitrogens with one attached hydrogen (secondary N) is 1. The molecule has 1 aromatic rings. The van der Waals surface area contributed by atoms with Crippen molar-refractivity contribution in [3.05, 3.63) is 17.0 Å². The zero-order valence-corrected chi connectivity index (χ0v) is 16.5. The van der Waals surface area contributed by atoms with Crippen LogP contribution in [0.1, 0.15) is 75.6 Å². The molecule has 2 unspecified atom stereocenters. The fourth-order valence-corrected chi connectivity index (χ4v) is 3.92. The van der Waals surface area contributed by atoms with Crippen molar-refractivity contribution in [2.24, 2.45) is 0 Å². The molecule has 3 heterocycles. The smallest absolute Gasteiger partial charge is 0.410 e. The summed E-state index contributed by atoms with van der Waals surface area (Å²) >= 11 is 0. The van der Waals surface area contributed by atoms with E-state index in [1.54, 1.807) is 4.90 Å². The lowest BCUT2D eigenvalue weighted by atomic mass is 9.96. The van der Waals surface area contributed by atoms with Gasteiger partial charge in [0.2, 0.25) is 0 Å². The molecule has 0 saturated carbocycles. The molecule has 2 aliphatic heterocycles. The van der Waals surface area contributed by atoms with Gasteiger partial charge in [-0.3, -0.25) is 9.89 Å². The van der Waals surface area contributed by atoms with Gasteiger partial charge in [0.15, 0.2) is 5.69 Å². The summed E-state index contributed by atoms with van der Waals surface area (Å²) in [6.45, 7) is 10.7. The minimum Gasteiger partial charge on any atom is -0.444 e. The summed E-state index contributed by atoms with van der Waals surface area (Å²) in [5.74, 6) is 0.00733. The highest BCUT2D eigenvalue weighted by molar-refractivity contribution is 5.94. The number of likely N-dealkylation sites (tertiary alicyclic amines) is 1. The van der Waals surface area contributed by atoms with Crippen molar-refractivity contribution in [3.63, 3.8) is 0 Å². The van der Waals surface area contributed by atoms with Crippen LogP contribution in [0.3, 0.4) is 0 Å². The summed E-state index contributed by atoms with van der Waals surface area (Å²) in [6.07, 6.45) is 3.52. The second-order valence-corrected chi connectivity index (χ2v) is 8.52. The number of aromatic nitrogens is 2. The largest absolute Gasteiger partial charge is 0.444 e. The minimum atomic E-state index is -0.521. The van der Waals surface area contributed by atoms with Crippen molar-refractivity contribution in [1.29, 1.82) is 0 Å². The second kappa shape index (κ2) is 6.93. The van der Waals surface area contributed by atoms with Gasteiger partial charge in [0.1, 0.15) is 5.60 Å². The van der Waals surface area contributed by atoms with E-state index in [0.29, 0.717) is 25.2 Å². The fourth-order valence-electron chi connectivity index (χ4n) is 3.92. The lowest BCUT2D eigenvalue weighted by Crippen LogP contribution is -2.48. The number of rotatable bonds is 1. The summed E-state index contributed by atoms with van der Waals surface area (Å²) in [5.41, 5.74) is 1.78. The molecule has 2 atom stereocenters. The van der Waals surface area contributed by atoms with Crippen LogP contribution in [0.2, 0.25) is 0 Å². The molecule has 0 spiro atoms. The third-order valence-electron chi connectivity index (χ3n) is 5.22. The number of carbonyl (C=O) groups is 2. The lowest BCUT2D eigenvalue weighted by Gasteiger charge is -2.39. The topological polar surface area (TPSA) is 78.5 Å². The quantitative estimate of drug-likeness (QED) is 0.832. The Labute approximate surface area is 155 Å². The Morgan fingerprint density at radius 3 is 2.46 bits per heavy atom. The Bertz CT molecular complexity index is 681. The highest BCUT2D eigenvalue weighted by atomic mass is 16.6. The number of fused-ring (bicyclic) bond motifs is 1. The molecule has 26 heavy (non-hydrogen) atoms. The molecular formula is C19H30N4O3. The van der Waals surface area contributed by atoms with E-state index in [1.165, 1.54) is 0 Å². The maximum atomic E-state index is 13.1. The van der Waals surface area contributed by atoms with Crippen LogP contribution in [0.4, 0.5) is 4.79 Å². The first-order valence-corrected chi connectivity index (χ1v) is 9.54. The number of nitrogens with zero attached hydrogens (tertiary/aromatic N) is 3. The number of amides is 2. The highest BCUT2D eigenvalue weighted by Crippen LogP contribution is 2.28. The summed E-state index contributed by atoms with van der Waals surface area (Å²) in [5, 5.41) is 7.29. The predicted octanol–water partition coefficient (Wildman–Crippen LogP) is 3.11. The molecule has 1 aromatic heterocycles. The molecule has 7 heteroatoms. The highest BCUT2D eigenvalue weighted by Gasteiger charge is 2.35. The monoisotopic (exact) mass is 362 g/mol. The van der Waals surface area contributed by atoms with Gasteiger partial charge >= 0.3 is 6.09 Å². The number of ether oxygens (including phenoxy) is 1. The normalized spacial score (nSPS) is 23.6. The summed E-state index contributed by atoms with van der Waals surface area (Å²) in [7, 11) is 0. The van der Waals surface area contributed by atoms with Gasteiger partial charge in [-0.05, 0) is 60.3 Å². The van der Waals surface area contributed by atoms with Crippen LogP contribution in [0, 0.1) is 0 Å². The molecule has 3 rings (SSSR count). The number of piperidine rings is 1. The molecule has 0 radical (unpaired) electrons. The maximum Gasteiger partial charge on any atom is 0.410 e. The zero-order chi connectivity index (χ0) is 19.1. The van der Waals surface area contributed by atoms with Crippen molar-refractivity contribution in [1.82, 2.24) is 20.0 Å². The van der Waals surface area contributed by atoms with E-state index >= 15 is 0 Å². The van der Waals surface area contributed by atoms with E-state index in [4.69, 9.17) is 4.74 Å². The van der Waals surface area contributed by atoms with Crippen molar-refractivity contribution < 1.29 is 14.3 Å². The van der Waals surface area contributed by atoms with Gasteiger partial charge in [-0.25, -0.2) is 4.79 Å². The van der Waals surface area contributed by atoms with E-state index in [1.807, 2.05) is 25.7 Å². The van der Waals surface area contributed by atoms with E-state index < -0.39 is 5.60 Å². The van der Waals surface area contributed by atoms with Crippen molar-refractivity contribution in [3.8, 4) is 0 Å². The van der Waals surface area contributed by atoms with E-state index in [0.717, 1.165) is 30.5 Å². The Balaban J connectivity index is 1.75. The van der Waals surface area contributed by atoms with Crippen molar-refractivity contribution in [2.75, 3.05) is 6.54 Å². The molecule has 2 aliphatic rings. The van der Waals surface area contributed by atoms with E-state index in [-0.39, 0.29) is 24.1 Å². The number of carbonyl (C=O) groups excluding carboxylic acids is 2. The molecule has 1 N–H and O–H groups in total. The number of H-pyrrole nitrogens is 1. The summed E-state index contributed by atoms with van der Waals surface area (Å²) in [6, 6.07) is 0.473. The van der Waals surface area contributed by atoms with Crippen LogP contribution in [0.5, 0.6) is 0 Å². The van der Waals surface area contributed by atoms with Crippen LogP contribution in [-0.4, -0.2) is 56.2 Å². The molecule has 7 nitrogen and oxygen atoms in total. The molecule has 0 bridgehead atoms. The van der Waals surface area contributed by atoms with E-state index in [9.17, 15) is 9.59 Å². The number of hydrogen-bond donors (Lipinski definition) is 1. The molecule has 2 amide bonds. The molecule has 0 aliphatic carbocycles. The van der Waals surface area contributed by atoms with E-state index in [2.05, 4.69) is 24.0 Å². The third-order valence-corrected chi connectivity index (χ3v) is 5.22. The van der Waals surface area contributed by atoms with Gasteiger partial charge in [-0.1, -0.05) is 0 Å². The lowest BCUT2D eigenvalue weighted by molar-refractivity contribution is 0.0221. The first-order chi connectivity index (χ1) is 12.2. The fraction of sp³-hybridized carbons (Fsp3) is 0.737. The van der Waals surface area contributed by atoms with Gasteiger partial charge in [-0.15, -0.1) is 0 Å². The standard InChI is InChI=1S/C19H30N4O3/c1-12-7-6-8-13(2)23(12)17(24)16-14-9-10-22(11-15(14)20-21-16)18(25)26-19(3,4)5/h12-13H,6-11H2,1-5H3,(H,20,21). The van der Waals surface area contributed by atoms with Crippen LogP contribution >= 0.6 is 0 Å². The Kier molecular flexibility index (Phi) is 4.99. The van der Waals surface area contributed by atoms with Gasteiger partial charge in [-0.2, -0.15) is 5.10 Å². The van der Waals surface area contributed by atoms with Crippen molar-refractivity contribution in [2.45, 2.75) is 84.5 Å². The number of hydrogen-bond acceptors (Lipinski definition) is 4. The SMILES string of the molecule is CC1CCCC(C)N1C(=O)c1n[nH]c2c1CCN(C(=O)OC(C)(C)C)C2. The number of aromatic amines is 1. The van der Waals surface area contributed by atoms with Crippen LogP contribution < -0.4 is 0 Å². The van der Waals surface area contributed by atoms with Crippen LogP contribution in [-0.2, 0) is 17.7 Å². The first kappa shape index (κ1) is 18.7. The predicted molar refractivity (Wildman–Crippen MR) is 97.9 cm³/mol. The summed E-state index contributed by atoms with van der Waals surface area (Å²) < 4.78 is 5.45. The molecule has 144 valence electrons. The molecule has 1 fully saturated rings. The molecule has 1 saturated heterocycles. The molecule has 0 aromatic carbocycles. The first-order valence-electron chi connectivity index (χ1n) is 9.54. The Hall–Kier alpha value is -2.05. The van der Waals surface area contributed by atoms with Gasteiger partial charge in [0.05, 0.1) is 12.2 Å². The van der Waals surface area contributed by atoms with Crippen LogP contribution in [0.25, 0.3) is 0 Å². The Morgan fingerprint density at radius 2 is 1.85 bits per heavy atom. The van der Waals surface area contributed by atoms with Crippen LogP contribution in [0.15, 0.2) is 0 Å². The maximum absolute atomic E-state index is 13.1. The minimum absolute atomic E-state index is 0.00733.